The summed E-state index contributed by atoms with van der Waals surface area (Å²) in [5, 5.41) is 9.00. The molecule has 0 aliphatic carbocycles. The summed E-state index contributed by atoms with van der Waals surface area (Å²) < 4.78 is 27.7. The van der Waals surface area contributed by atoms with Gasteiger partial charge in [0.25, 0.3) is 10.0 Å². The third-order valence-electron chi connectivity index (χ3n) is 5.87. The van der Waals surface area contributed by atoms with Gasteiger partial charge in [-0.2, -0.15) is 9.57 Å². The van der Waals surface area contributed by atoms with Crippen LogP contribution in [0.3, 0.4) is 0 Å². The van der Waals surface area contributed by atoms with Crippen LogP contribution in [0.15, 0.2) is 47.6 Å². The van der Waals surface area contributed by atoms with Gasteiger partial charge in [-0.25, -0.2) is 13.4 Å². The van der Waals surface area contributed by atoms with E-state index in [1.165, 1.54) is 0 Å². The largest absolute Gasteiger partial charge is 0.304 e. The van der Waals surface area contributed by atoms with Gasteiger partial charge in [0.1, 0.15) is 0 Å². The highest BCUT2D eigenvalue weighted by Crippen LogP contribution is 2.25. The first-order valence-corrected chi connectivity index (χ1v) is 11.3. The number of benzene rings is 1. The van der Waals surface area contributed by atoms with Crippen molar-refractivity contribution in [1.29, 1.82) is 5.26 Å². The van der Waals surface area contributed by atoms with Gasteiger partial charge in [-0.3, -0.25) is 4.90 Å². The van der Waals surface area contributed by atoms with Crippen LogP contribution >= 0.6 is 0 Å². The van der Waals surface area contributed by atoms with Gasteiger partial charge in [0.05, 0.1) is 11.6 Å². The molecule has 1 atom stereocenters. The fourth-order valence-corrected chi connectivity index (χ4v) is 5.39. The average Bonchev–Trinajstić information content (AvgIpc) is 3.26. The highest BCUT2D eigenvalue weighted by atomic mass is 32.2. The van der Waals surface area contributed by atoms with Crippen LogP contribution < -0.4 is 0 Å². The molecule has 3 heterocycles. The second-order valence-corrected chi connectivity index (χ2v) is 9.60. The Morgan fingerprint density at radius 1 is 1.00 bits per heavy atom. The van der Waals surface area contributed by atoms with Crippen molar-refractivity contribution in [3.05, 3.63) is 48.2 Å². The van der Waals surface area contributed by atoms with Crippen LogP contribution in [0.5, 0.6) is 0 Å². The van der Waals surface area contributed by atoms with E-state index >= 15 is 0 Å². The van der Waals surface area contributed by atoms with Crippen LogP contribution in [0.1, 0.15) is 12.0 Å². The Balaban J connectivity index is 1.45. The lowest BCUT2D eigenvalue weighted by Crippen LogP contribution is -2.50. The third kappa shape index (κ3) is 4.19. The molecular weight excluding hydrogens is 386 g/mol. The predicted octanol–water partition coefficient (Wildman–Crippen LogP) is 1.63. The maximum atomic E-state index is 13.0. The molecule has 1 aromatic carbocycles. The van der Waals surface area contributed by atoms with Crippen molar-refractivity contribution < 1.29 is 8.42 Å². The summed E-state index contributed by atoms with van der Waals surface area (Å²) in [6, 6.07) is 12.9. The highest BCUT2D eigenvalue weighted by molar-refractivity contribution is 7.89. The lowest BCUT2D eigenvalue weighted by Gasteiger charge is -2.36. The summed E-state index contributed by atoms with van der Waals surface area (Å²) >= 11 is 0. The molecule has 1 unspecified atom stereocenters. The number of nitriles is 1. The van der Waals surface area contributed by atoms with E-state index < -0.39 is 10.0 Å². The Hall–Kier alpha value is -2.31. The van der Waals surface area contributed by atoms with Gasteiger partial charge in [-0.1, -0.05) is 12.1 Å². The van der Waals surface area contributed by atoms with E-state index in [2.05, 4.69) is 27.9 Å². The molecule has 0 N–H and O–H groups in total. The molecule has 0 radical (unpaired) electrons. The minimum atomic E-state index is -3.59. The fourth-order valence-electron chi connectivity index (χ4n) is 3.99. The zero-order chi connectivity index (χ0) is 20.4. The van der Waals surface area contributed by atoms with Crippen molar-refractivity contribution in [2.24, 2.45) is 0 Å². The van der Waals surface area contributed by atoms with Gasteiger partial charge in [0.15, 0.2) is 5.03 Å². The molecule has 0 amide bonds. The zero-order valence-corrected chi connectivity index (χ0v) is 17.3. The molecule has 0 spiro atoms. The van der Waals surface area contributed by atoms with Crippen LogP contribution in [0.25, 0.3) is 11.1 Å². The predicted molar refractivity (Wildman–Crippen MR) is 111 cm³/mol. The molecule has 4 rings (SSSR count). The summed E-state index contributed by atoms with van der Waals surface area (Å²) in [5.74, 6) is 0. The molecular formula is C21H25N5O2S. The van der Waals surface area contributed by atoms with Crippen molar-refractivity contribution in [2.45, 2.75) is 17.5 Å². The Morgan fingerprint density at radius 2 is 1.69 bits per heavy atom. The minimum absolute atomic E-state index is 0.0916. The molecule has 2 aliphatic heterocycles. The Bertz CT molecular complexity index is 991. The first-order chi connectivity index (χ1) is 14.0. The van der Waals surface area contributed by atoms with Gasteiger partial charge >= 0.3 is 0 Å². The zero-order valence-electron chi connectivity index (χ0n) is 16.5. The van der Waals surface area contributed by atoms with Gasteiger partial charge in [0.2, 0.25) is 0 Å². The monoisotopic (exact) mass is 411 g/mol. The number of hydrogen-bond donors (Lipinski definition) is 0. The average molecular weight is 412 g/mol. The van der Waals surface area contributed by atoms with E-state index in [0.717, 1.165) is 43.7 Å². The smallest absolute Gasteiger partial charge is 0.260 e. The maximum absolute atomic E-state index is 13.0. The summed E-state index contributed by atoms with van der Waals surface area (Å²) in [5.41, 5.74) is 2.31. The van der Waals surface area contributed by atoms with E-state index in [9.17, 15) is 8.42 Å². The molecule has 0 bridgehead atoms. The number of hydrogen-bond acceptors (Lipinski definition) is 6. The SMILES string of the molecule is CN1CCN(C2CCN(S(=O)(=O)c3ccc(-c4ccc(C#N)cc4)cn3)C2)CC1. The number of rotatable bonds is 4. The molecule has 2 saturated heterocycles. The Labute approximate surface area is 172 Å². The number of sulfonamides is 1. The summed E-state index contributed by atoms with van der Waals surface area (Å²) in [6.07, 6.45) is 2.45. The molecule has 29 heavy (non-hydrogen) atoms. The summed E-state index contributed by atoms with van der Waals surface area (Å²) in [7, 11) is -1.47. The van der Waals surface area contributed by atoms with Crippen LogP contribution in [0.2, 0.25) is 0 Å². The van der Waals surface area contributed by atoms with E-state index in [4.69, 9.17) is 5.26 Å². The number of nitrogens with zero attached hydrogens (tertiary/aromatic N) is 5. The van der Waals surface area contributed by atoms with E-state index in [1.807, 2.05) is 12.1 Å². The van der Waals surface area contributed by atoms with Crippen molar-refractivity contribution in [1.82, 2.24) is 19.1 Å². The van der Waals surface area contributed by atoms with Gasteiger partial charge in [-0.15, -0.1) is 0 Å². The number of pyridine rings is 1. The number of piperazine rings is 1. The van der Waals surface area contributed by atoms with Crippen LogP contribution in [-0.4, -0.2) is 79.9 Å². The Kier molecular flexibility index (Phi) is 5.65. The minimum Gasteiger partial charge on any atom is -0.304 e. The number of aromatic nitrogens is 1. The van der Waals surface area contributed by atoms with Crippen molar-refractivity contribution in [3.63, 3.8) is 0 Å². The quantitative estimate of drug-likeness (QED) is 0.761. The van der Waals surface area contributed by atoms with Gasteiger partial charge in [-0.05, 0) is 43.3 Å². The molecule has 7 nitrogen and oxygen atoms in total. The molecule has 0 saturated carbocycles. The fraction of sp³-hybridized carbons (Fsp3) is 0.429. The van der Waals surface area contributed by atoms with Crippen molar-refractivity contribution >= 4 is 10.0 Å². The lowest BCUT2D eigenvalue weighted by atomic mass is 10.1. The Morgan fingerprint density at radius 3 is 2.31 bits per heavy atom. The van der Waals surface area contributed by atoms with Gasteiger partial charge in [0, 0.05) is 57.1 Å². The van der Waals surface area contributed by atoms with E-state index in [0.29, 0.717) is 18.7 Å². The third-order valence-corrected chi connectivity index (χ3v) is 7.65. The van der Waals surface area contributed by atoms with Crippen LogP contribution in [0, 0.1) is 11.3 Å². The highest BCUT2D eigenvalue weighted by Gasteiger charge is 2.36. The first kappa shape index (κ1) is 20.0. The molecule has 8 heteroatoms. The molecule has 2 aliphatic rings. The molecule has 1 aromatic heterocycles. The summed E-state index contributed by atoms with van der Waals surface area (Å²) in [6.45, 7) is 5.12. The number of likely N-dealkylation sites (N-methyl/N-ethyl adjacent to an activating group) is 1. The second kappa shape index (κ2) is 8.20. The summed E-state index contributed by atoms with van der Waals surface area (Å²) in [4.78, 5) is 8.96. The first-order valence-electron chi connectivity index (χ1n) is 9.87. The van der Waals surface area contributed by atoms with Gasteiger partial charge < -0.3 is 4.90 Å². The standard InChI is InChI=1S/C21H25N5O2S/c1-24-10-12-25(13-11-24)20-8-9-26(16-20)29(27,28)21-7-6-19(15-23-21)18-4-2-17(14-22)3-5-18/h2-7,15,20H,8-13,16H2,1H3. The van der Waals surface area contributed by atoms with Crippen LogP contribution in [0.4, 0.5) is 0 Å². The van der Waals surface area contributed by atoms with Crippen molar-refractivity contribution in [3.8, 4) is 17.2 Å². The van der Waals surface area contributed by atoms with E-state index in [1.54, 1.807) is 34.8 Å². The molecule has 2 fully saturated rings. The molecule has 2 aromatic rings. The second-order valence-electron chi connectivity index (χ2n) is 7.72. The lowest BCUT2D eigenvalue weighted by molar-refractivity contribution is 0.116. The van der Waals surface area contributed by atoms with E-state index in [-0.39, 0.29) is 11.1 Å². The normalized spacial score (nSPS) is 21.9. The maximum Gasteiger partial charge on any atom is 0.260 e. The molecule has 152 valence electrons. The topological polar surface area (TPSA) is 80.5 Å². The van der Waals surface area contributed by atoms with Crippen molar-refractivity contribution in [2.75, 3.05) is 46.3 Å². The van der Waals surface area contributed by atoms with Crippen LogP contribution in [-0.2, 0) is 10.0 Å².